The van der Waals surface area contributed by atoms with Gasteiger partial charge in [0.1, 0.15) is 12.2 Å². The van der Waals surface area contributed by atoms with Crippen LogP contribution in [-0.2, 0) is 4.74 Å². The first-order chi connectivity index (χ1) is 6.27. The summed E-state index contributed by atoms with van der Waals surface area (Å²) in [7, 11) is 1.52. The van der Waals surface area contributed by atoms with Crippen LogP contribution in [0.1, 0.15) is 0 Å². The molecule has 0 saturated carbocycles. The van der Waals surface area contributed by atoms with Crippen molar-refractivity contribution in [2.24, 2.45) is 0 Å². The van der Waals surface area contributed by atoms with Gasteiger partial charge in [-0.15, -0.1) is 0 Å². The van der Waals surface area contributed by atoms with Gasteiger partial charge in [-0.05, 0) is 12.2 Å². The maximum atomic E-state index is 9.30. The maximum absolute atomic E-state index is 9.30. The number of hydrogen-bond donors (Lipinski definition) is 2. The van der Waals surface area contributed by atoms with E-state index >= 15 is 0 Å². The minimum atomic E-state index is -0.753. The Morgan fingerprint density at radius 3 is 3.08 bits per heavy atom. The number of methoxy groups -OCH3 is 1. The number of aliphatic hydroxyl groups is 2. The molecule has 0 aromatic rings. The molecule has 2 N–H and O–H groups in total. The molecule has 0 radical (unpaired) electrons. The van der Waals surface area contributed by atoms with E-state index in [1.165, 1.54) is 7.11 Å². The van der Waals surface area contributed by atoms with E-state index in [0.717, 1.165) is 5.57 Å². The third-order valence-electron chi connectivity index (χ3n) is 1.69. The molecule has 2 atom stereocenters. The summed E-state index contributed by atoms with van der Waals surface area (Å²) in [6.07, 6.45) is 3.89. The van der Waals surface area contributed by atoms with E-state index in [2.05, 4.69) is 11.8 Å². The first-order valence-electron chi connectivity index (χ1n) is 3.99. The van der Waals surface area contributed by atoms with Crippen molar-refractivity contribution in [3.8, 4) is 11.8 Å². The highest BCUT2D eigenvalue weighted by molar-refractivity contribution is 5.43. The van der Waals surface area contributed by atoms with Gasteiger partial charge in [0.05, 0.1) is 6.61 Å². The summed E-state index contributed by atoms with van der Waals surface area (Å²) in [6, 6.07) is 0. The average molecular weight is 180 g/mol. The van der Waals surface area contributed by atoms with Crippen molar-refractivity contribution < 1.29 is 14.9 Å². The Labute approximate surface area is 77.3 Å². The number of allylic oxidation sites excluding steroid dienone is 2. The Bertz CT molecular complexity index is 280. The summed E-state index contributed by atoms with van der Waals surface area (Å²) < 4.78 is 4.99. The van der Waals surface area contributed by atoms with Crippen LogP contribution in [-0.4, -0.2) is 36.1 Å². The molecular weight excluding hydrogens is 168 g/mol. The Morgan fingerprint density at radius 1 is 1.69 bits per heavy atom. The van der Waals surface area contributed by atoms with Crippen LogP contribution in [0.25, 0.3) is 0 Å². The highest BCUT2D eigenvalue weighted by Crippen LogP contribution is 2.09. The van der Waals surface area contributed by atoms with E-state index in [0.29, 0.717) is 0 Å². The molecule has 3 nitrogen and oxygen atoms in total. The zero-order chi connectivity index (χ0) is 9.68. The lowest BCUT2D eigenvalue weighted by Gasteiger charge is -2.16. The molecule has 0 spiro atoms. The zero-order valence-electron chi connectivity index (χ0n) is 7.40. The Hall–Kier alpha value is -1.08. The average Bonchev–Trinajstić information content (AvgIpc) is 2.16. The van der Waals surface area contributed by atoms with Crippen molar-refractivity contribution in [3.63, 3.8) is 0 Å². The lowest BCUT2D eigenvalue weighted by Crippen LogP contribution is -2.26. The lowest BCUT2D eigenvalue weighted by atomic mass is 10.0. The van der Waals surface area contributed by atoms with Gasteiger partial charge in [0.2, 0.25) is 0 Å². The summed E-state index contributed by atoms with van der Waals surface area (Å²) in [5.74, 6) is 5.37. The first kappa shape index (κ1) is 10.0. The molecule has 0 aliphatic heterocycles. The fourth-order valence-corrected chi connectivity index (χ4v) is 1.02. The summed E-state index contributed by atoms with van der Waals surface area (Å²) in [5.41, 5.74) is 0.756. The molecule has 0 aromatic carbocycles. The van der Waals surface area contributed by atoms with E-state index in [-0.39, 0.29) is 12.7 Å². The van der Waals surface area contributed by atoms with E-state index in [1.54, 1.807) is 18.2 Å². The van der Waals surface area contributed by atoms with Crippen molar-refractivity contribution in [2.75, 3.05) is 13.7 Å². The molecule has 1 aliphatic carbocycles. The SMILES string of the molecule is COC1C=C(/C=C/CO)C#CC1O. The smallest absolute Gasteiger partial charge is 0.144 e. The fraction of sp³-hybridized carbons (Fsp3) is 0.400. The summed E-state index contributed by atoms with van der Waals surface area (Å²) >= 11 is 0. The molecule has 0 amide bonds. The highest BCUT2D eigenvalue weighted by Gasteiger charge is 2.16. The Balaban J connectivity index is 2.71. The number of aliphatic hydroxyl groups excluding tert-OH is 2. The van der Waals surface area contributed by atoms with Crippen molar-refractivity contribution >= 4 is 0 Å². The molecule has 0 aromatic heterocycles. The van der Waals surface area contributed by atoms with E-state index in [4.69, 9.17) is 9.84 Å². The van der Waals surface area contributed by atoms with Crippen LogP contribution in [0.15, 0.2) is 23.8 Å². The largest absolute Gasteiger partial charge is 0.392 e. The summed E-state index contributed by atoms with van der Waals surface area (Å²) in [6.45, 7) is -0.0147. The molecule has 1 aliphatic rings. The molecule has 0 saturated heterocycles. The normalized spacial score (nSPS) is 26.8. The number of ether oxygens (including phenoxy) is 1. The summed E-state index contributed by atoms with van der Waals surface area (Å²) in [5, 5.41) is 17.8. The Kier molecular flexibility index (Phi) is 3.71. The molecule has 1 rings (SSSR count). The molecule has 70 valence electrons. The van der Waals surface area contributed by atoms with E-state index in [1.807, 2.05) is 0 Å². The van der Waals surface area contributed by atoms with Crippen LogP contribution in [0, 0.1) is 11.8 Å². The Morgan fingerprint density at radius 2 is 2.46 bits per heavy atom. The van der Waals surface area contributed by atoms with Gasteiger partial charge in [0.15, 0.2) is 0 Å². The van der Waals surface area contributed by atoms with Crippen molar-refractivity contribution in [1.82, 2.24) is 0 Å². The second-order valence-corrected chi connectivity index (χ2v) is 2.62. The third kappa shape index (κ3) is 2.71. The number of hydrogen-bond acceptors (Lipinski definition) is 3. The van der Waals surface area contributed by atoms with Crippen LogP contribution in [0.5, 0.6) is 0 Å². The van der Waals surface area contributed by atoms with Crippen LogP contribution < -0.4 is 0 Å². The molecule has 2 unspecified atom stereocenters. The second-order valence-electron chi connectivity index (χ2n) is 2.62. The molecule has 3 heteroatoms. The standard InChI is InChI=1S/C10H12O3/c1-13-10-7-8(3-2-6-11)4-5-9(10)12/h2-3,7,9-12H,6H2,1H3/b3-2+. The van der Waals surface area contributed by atoms with Gasteiger partial charge in [-0.1, -0.05) is 17.9 Å². The molecule has 0 bridgehead atoms. The predicted molar refractivity (Wildman–Crippen MR) is 48.9 cm³/mol. The molecule has 0 heterocycles. The minimum absolute atomic E-state index is 0.0147. The van der Waals surface area contributed by atoms with Gasteiger partial charge in [-0.2, -0.15) is 0 Å². The van der Waals surface area contributed by atoms with Gasteiger partial charge in [-0.25, -0.2) is 0 Å². The molecule has 0 fully saturated rings. The van der Waals surface area contributed by atoms with Crippen molar-refractivity contribution in [3.05, 3.63) is 23.8 Å². The summed E-state index contributed by atoms with van der Waals surface area (Å²) in [4.78, 5) is 0. The third-order valence-corrected chi connectivity index (χ3v) is 1.69. The van der Waals surface area contributed by atoms with Gasteiger partial charge in [-0.3, -0.25) is 0 Å². The monoisotopic (exact) mass is 180 g/mol. The topological polar surface area (TPSA) is 49.7 Å². The number of rotatable bonds is 3. The predicted octanol–water partition coefficient (Wildman–Crippen LogP) is -0.146. The van der Waals surface area contributed by atoms with Crippen LogP contribution in [0.3, 0.4) is 0 Å². The highest BCUT2D eigenvalue weighted by atomic mass is 16.5. The van der Waals surface area contributed by atoms with Gasteiger partial charge >= 0.3 is 0 Å². The first-order valence-corrected chi connectivity index (χ1v) is 3.99. The molecule has 13 heavy (non-hydrogen) atoms. The maximum Gasteiger partial charge on any atom is 0.144 e. The van der Waals surface area contributed by atoms with Gasteiger partial charge < -0.3 is 14.9 Å². The van der Waals surface area contributed by atoms with Crippen molar-refractivity contribution in [1.29, 1.82) is 0 Å². The van der Waals surface area contributed by atoms with Crippen LogP contribution in [0.4, 0.5) is 0 Å². The zero-order valence-corrected chi connectivity index (χ0v) is 7.40. The molecular formula is C10H12O3. The van der Waals surface area contributed by atoms with Crippen LogP contribution >= 0.6 is 0 Å². The van der Waals surface area contributed by atoms with Crippen LogP contribution in [0.2, 0.25) is 0 Å². The van der Waals surface area contributed by atoms with E-state index in [9.17, 15) is 5.11 Å². The second kappa shape index (κ2) is 4.83. The van der Waals surface area contributed by atoms with Crippen molar-refractivity contribution in [2.45, 2.75) is 12.2 Å². The van der Waals surface area contributed by atoms with Gasteiger partial charge in [0.25, 0.3) is 0 Å². The fourth-order valence-electron chi connectivity index (χ4n) is 1.02. The quantitative estimate of drug-likeness (QED) is 0.594. The lowest BCUT2D eigenvalue weighted by molar-refractivity contribution is 0.0466. The van der Waals surface area contributed by atoms with Gasteiger partial charge in [0, 0.05) is 12.7 Å². The van der Waals surface area contributed by atoms with E-state index < -0.39 is 6.10 Å². The minimum Gasteiger partial charge on any atom is -0.392 e.